The number of hydrogen-bond acceptors (Lipinski definition) is 5. The van der Waals surface area contributed by atoms with Gasteiger partial charge < -0.3 is 20.8 Å². The summed E-state index contributed by atoms with van der Waals surface area (Å²) in [4.78, 5) is 25.3. The lowest BCUT2D eigenvalue weighted by atomic mass is 10.1. The maximum absolute atomic E-state index is 14.7. The Kier molecular flexibility index (Phi) is 8.66. The Balaban J connectivity index is 1.69. The first-order chi connectivity index (χ1) is 17.3. The molecule has 9 heteroatoms. The van der Waals surface area contributed by atoms with Crippen LogP contribution in [0.25, 0.3) is 0 Å². The number of carbonyl (C=O) groups is 2. The summed E-state index contributed by atoms with van der Waals surface area (Å²) < 4.78 is 33.4. The van der Waals surface area contributed by atoms with Crippen LogP contribution >= 0.6 is 0 Å². The highest BCUT2D eigenvalue weighted by Crippen LogP contribution is 2.26. The molecule has 3 N–H and O–H groups in total. The molecule has 2 aromatic carbocycles. The molecule has 0 spiro atoms. The second-order valence-electron chi connectivity index (χ2n) is 7.60. The lowest BCUT2D eigenvalue weighted by Crippen LogP contribution is -2.16. The minimum atomic E-state index is -0.684. The van der Waals surface area contributed by atoms with Crippen LogP contribution in [-0.4, -0.2) is 18.5 Å². The molecule has 1 aliphatic heterocycles. The molecule has 0 unspecified atom stereocenters. The molecule has 0 saturated carbocycles. The fraction of sp³-hybridized carbons (Fsp3) is 0.0741. The summed E-state index contributed by atoms with van der Waals surface area (Å²) in [5.74, 6) is -1.27. The van der Waals surface area contributed by atoms with Crippen molar-refractivity contribution in [2.45, 2.75) is 13.8 Å². The quantitative estimate of drug-likeness (QED) is 0.192. The van der Waals surface area contributed by atoms with Crippen molar-refractivity contribution in [3.05, 3.63) is 113 Å². The van der Waals surface area contributed by atoms with E-state index < -0.39 is 17.5 Å². The van der Waals surface area contributed by atoms with Gasteiger partial charge in [-0.05, 0) is 80.1 Å². The largest absolute Gasteiger partial charge is 0.452 e. The van der Waals surface area contributed by atoms with E-state index in [-0.39, 0.29) is 11.4 Å². The topological polar surface area (TPSA) is 94.5 Å². The maximum Gasteiger partial charge on any atom is 0.251 e. The summed E-state index contributed by atoms with van der Waals surface area (Å²) >= 11 is 0. The predicted octanol–water partition coefficient (Wildman–Crippen LogP) is 5.33. The van der Waals surface area contributed by atoms with Gasteiger partial charge in [-0.3, -0.25) is 14.5 Å². The lowest BCUT2D eigenvalue weighted by molar-refractivity contribution is -0.112. The van der Waals surface area contributed by atoms with Crippen molar-refractivity contribution in [1.29, 1.82) is 5.41 Å². The number of dihydropyridines is 1. The number of allylic oxidation sites excluding steroid dienone is 5. The summed E-state index contributed by atoms with van der Waals surface area (Å²) in [6.45, 7) is 3.29. The highest BCUT2D eigenvalue weighted by atomic mass is 19.1. The first kappa shape index (κ1) is 25.8. The molecule has 0 saturated heterocycles. The van der Waals surface area contributed by atoms with Gasteiger partial charge in [-0.15, -0.1) is 0 Å². The molecule has 2 amide bonds. The molecule has 3 rings (SSSR count). The summed E-state index contributed by atoms with van der Waals surface area (Å²) in [6, 6.07) is 9.42. The molecule has 7 nitrogen and oxygen atoms in total. The van der Waals surface area contributed by atoms with Crippen LogP contribution in [0.4, 0.5) is 20.2 Å². The first-order valence-electron chi connectivity index (χ1n) is 10.8. The average Bonchev–Trinajstić information content (AvgIpc) is 2.87. The fourth-order valence-electron chi connectivity index (χ4n) is 3.03. The van der Waals surface area contributed by atoms with Gasteiger partial charge in [0.05, 0.1) is 5.70 Å². The average molecular weight is 491 g/mol. The van der Waals surface area contributed by atoms with Gasteiger partial charge in [0.2, 0.25) is 6.41 Å². The first-order valence-corrected chi connectivity index (χ1v) is 10.8. The highest BCUT2D eigenvalue weighted by Gasteiger charge is 2.14. The van der Waals surface area contributed by atoms with E-state index in [0.29, 0.717) is 34.7 Å². The molecular weight excluding hydrogens is 466 g/mol. The summed E-state index contributed by atoms with van der Waals surface area (Å²) in [5.41, 5.74) is 2.11. The van der Waals surface area contributed by atoms with Crippen molar-refractivity contribution in [2.24, 2.45) is 0 Å². The zero-order valence-corrected chi connectivity index (χ0v) is 19.6. The zero-order chi connectivity index (χ0) is 26.1. The molecule has 36 heavy (non-hydrogen) atoms. The van der Waals surface area contributed by atoms with Crippen LogP contribution in [0.15, 0.2) is 102 Å². The number of halogens is 2. The second kappa shape index (κ2) is 12.1. The number of amides is 2. The van der Waals surface area contributed by atoms with Gasteiger partial charge in [-0.2, -0.15) is 0 Å². The third-order valence-corrected chi connectivity index (χ3v) is 5.16. The molecule has 184 valence electrons. The minimum Gasteiger partial charge on any atom is -0.452 e. The monoisotopic (exact) mass is 490 g/mol. The Hall–Kier alpha value is -4.79. The fourth-order valence-corrected chi connectivity index (χ4v) is 3.03. The van der Waals surface area contributed by atoms with Crippen LogP contribution in [0.2, 0.25) is 0 Å². The van der Waals surface area contributed by atoms with Crippen molar-refractivity contribution in [3.8, 4) is 5.75 Å². The summed E-state index contributed by atoms with van der Waals surface area (Å²) in [6.07, 6.45) is 11.1. The number of hydrogen-bond donors (Lipinski definition) is 3. The molecule has 0 atom stereocenters. The number of rotatable bonds is 9. The number of nitrogens with one attached hydrogen (secondary N) is 3. The predicted molar refractivity (Wildman–Crippen MR) is 135 cm³/mol. The number of ether oxygens (including phenoxy) is 1. The van der Waals surface area contributed by atoms with E-state index in [4.69, 9.17) is 10.1 Å². The van der Waals surface area contributed by atoms with Gasteiger partial charge in [0.1, 0.15) is 5.82 Å². The van der Waals surface area contributed by atoms with Gasteiger partial charge in [0.15, 0.2) is 17.3 Å². The molecule has 1 aliphatic rings. The van der Waals surface area contributed by atoms with Crippen LogP contribution in [0.5, 0.6) is 5.75 Å². The molecular formula is C27H24F2N4O3. The van der Waals surface area contributed by atoms with Gasteiger partial charge in [-0.1, -0.05) is 0 Å². The van der Waals surface area contributed by atoms with E-state index in [2.05, 4.69) is 10.6 Å². The Morgan fingerprint density at radius 2 is 1.89 bits per heavy atom. The van der Waals surface area contributed by atoms with Crippen LogP contribution < -0.4 is 20.3 Å². The summed E-state index contributed by atoms with van der Waals surface area (Å²) in [5, 5.41) is 12.8. The van der Waals surface area contributed by atoms with Crippen LogP contribution in [0, 0.1) is 17.0 Å². The molecule has 0 fully saturated rings. The molecule has 0 bridgehead atoms. The van der Waals surface area contributed by atoms with Crippen LogP contribution in [0.1, 0.15) is 13.8 Å². The van der Waals surface area contributed by atoms with E-state index in [1.165, 1.54) is 53.6 Å². The van der Waals surface area contributed by atoms with E-state index in [1.807, 2.05) is 0 Å². The number of benzene rings is 2. The maximum atomic E-state index is 14.7. The zero-order valence-electron chi connectivity index (χ0n) is 19.6. The van der Waals surface area contributed by atoms with Gasteiger partial charge >= 0.3 is 0 Å². The molecule has 1 heterocycles. The van der Waals surface area contributed by atoms with Gasteiger partial charge in [-0.25, -0.2) is 8.78 Å². The second-order valence-corrected chi connectivity index (χ2v) is 7.60. The Morgan fingerprint density at radius 3 is 2.56 bits per heavy atom. The number of carbonyl (C=O) groups excluding carboxylic acids is 2. The van der Waals surface area contributed by atoms with Crippen LogP contribution in [0.3, 0.4) is 0 Å². The van der Waals surface area contributed by atoms with Crippen molar-refractivity contribution in [1.82, 2.24) is 5.32 Å². The van der Waals surface area contributed by atoms with Gasteiger partial charge in [0, 0.05) is 41.6 Å². The van der Waals surface area contributed by atoms with Crippen molar-refractivity contribution in [3.63, 3.8) is 0 Å². The Morgan fingerprint density at radius 1 is 1.14 bits per heavy atom. The number of anilines is 2. The van der Waals surface area contributed by atoms with Crippen molar-refractivity contribution in [2.75, 3.05) is 10.2 Å². The minimum absolute atomic E-state index is 0.0478. The van der Waals surface area contributed by atoms with Crippen molar-refractivity contribution < 1.29 is 23.1 Å². The van der Waals surface area contributed by atoms with E-state index in [9.17, 15) is 18.4 Å². The van der Waals surface area contributed by atoms with Gasteiger partial charge in [0.25, 0.3) is 5.91 Å². The molecule has 0 radical (unpaired) electrons. The SMILES string of the molecule is CC(/C=C\N(C=O)c1ccc(F)cc1)=C(/C)C(=O)Nc1ccc(OC2=CC=CN/C2=C\C=N)c(F)c1. The molecule has 0 aromatic heterocycles. The number of nitrogens with zero attached hydrogens (tertiary/aromatic N) is 1. The van der Waals surface area contributed by atoms with E-state index in [0.717, 1.165) is 12.3 Å². The van der Waals surface area contributed by atoms with E-state index in [1.54, 1.807) is 38.3 Å². The summed E-state index contributed by atoms with van der Waals surface area (Å²) in [7, 11) is 0. The molecule has 2 aromatic rings. The van der Waals surface area contributed by atoms with Crippen molar-refractivity contribution >= 4 is 29.9 Å². The Labute approximate surface area is 207 Å². The Bertz CT molecular complexity index is 1310. The van der Waals surface area contributed by atoms with Crippen LogP contribution in [-0.2, 0) is 9.59 Å². The third-order valence-electron chi connectivity index (χ3n) is 5.16. The normalized spacial score (nSPS) is 14.6. The van der Waals surface area contributed by atoms with E-state index >= 15 is 0 Å². The highest BCUT2D eigenvalue weighted by molar-refractivity contribution is 6.04. The molecule has 0 aliphatic carbocycles. The third kappa shape index (κ3) is 6.63. The lowest BCUT2D eigenvalue weighted by Gasteiger charge is -2.16. The smallest absolute Gasteiger partial charge is 0.251 e. The standard InChI is InChI=1S/C27H24F2N4O3/c1-18(12-15-33(17-34)22-8-5-20(28)6-9-22)19(2)27(35)32-21-7-10-25(23(29)16-21)36-26-4-3-14-31-24(26)11-13-30/h3-17,30-31H,1-2H3,(H,32,35)/b15-12-,19-18+,24-11-,30-13?.